The van der Waals surface area contributed by atoms with Crippen LogP contribution in [-0.2, 0) is 4.74 Å². The van der Waals surface area contributed by atoms with E-state index in [1.54, 1.807) is 0 Å². The van der Waals surface area contributed by atoms with Crippen molar-refractivity contribution in [1.29, 1.82) is 0 Å². The lowest BCUT2D eigenvalue weighted by Crippen LogP contribution is -2.08. The van der Waals surface area contributed by atoms with Gasteiger partial charge in [0.05, 0.1) is 7.11 Å². The van der Waals surface area contributed by atoms with Crippen LogP contribution in [0, 0.1) is 11.6 Å². The molecule has 0 unspecified atom stereocenters. The van der Waals surface area contributed by atoms with Crippen LogP contribution in [0.1, 0.15) is 10.4 Å². The summed E-state index contributed by atoms with van der Waals surface area (Å²) >= 11 is 0. The van der Waals surface area contributed by atoms with Gasteiger partial charge in [0.15, 0.2) is 0 Å². The molecule has 0 fully saturated rings. The molecule has 0 aliphatic rings. The zero-order valence-corrected chi connectivity index (χ0v) is 9.35. The fourth-order valence-corrected chi connectivity index (χ4v) is 1.49. The van der Waals surface area contributed by atoms with Crippen molar-refractivity contribution in [2.75, 3.05) is 7.11 Å². The summed E-state index contributed by atoms with van der Waals surface area (Å²) in [5.74, 6) is -3.03. The van der Waals surface area contributed by atoms with Crippen molar-refractivity contribution in [3.05, 3.63) is 48.1 Å². The van der Waals surface area contributed by atoms with Gasteiger partial charge in [0.2, 0.25) is 0 Å². The van der Waals surface area contributed by atoms with Gasteiger partial charge in [0, 0.05) is 18.0 Å². The quantitative estimate of drug-likeness (QED) is 0.767. The third-order valence-electron chi connectivity index (χ3n) is 2.33. The molecule has 0 aliphatic heterocycles. The Hall–Kier alpha value is -2.37. The van der Waals surface area contributed by atoms with E-state index in [4.69, 9.17) is 0 Å². The number of ether oxygens (including phenoxy) is 1. The van der Waals surface area contributed by atoms with Gasteiger partial charge in [0.25, 0.3) is 0 Å². The van der Waals surface area contributed by atoms with Crippen LogP contribution in [-0.4, -0.2) is 23.0 Å². The van der Waals surface area contributed by atoms with Gasteiger partial charge in [-0.05, 0) is 17.7 Å². The van der Waals surface area contributed by atoms with Crippen LogP contribution < -0.4 is 0 Å². The van der Waals surface area contributed by atoms with Crippen molar-refractivity contribution in [1.82, 2.24) is 9.97 Å². The van der Waals surface area contributed by atoms with Crippen molar-refractivity contribution in [2.24, 2.45) is 0 Å². The fourth-order valence-electron chi connectivity index (χ4n) is 1.49. The van der Waals surface area contributed by atoms with Crippen LogP contribution in [0.25, 0.3) is 11.1 Å². The van der Waals surface area contributed by atoms with E-state index in [-0.39, 0.29) is 5.56 Å². The largest absolute Gasteiger partial charge is 0.465 e. The Morgan fingerprint density at radius 3 is 2.17 bits per heavy atom. The van der Waals surface area contributed by atoms with E-state index >= 15 is 0 Å². The monoisotopic (exact) mass is 250 g/mol. The average Bonchev–Trinajstić information content (AvgIpc) is 2.38. The molecular formula is C12H8F2N2O2. The first kappa shape index (κ1) is 12.1. The van der Waals surface area contributed by atoms with E-state index in [0.29, 0.717) is 5.56 Å². The van der Waals surface area contributed by atoms with Crippen molar-refractivity contribution in [2.45, 2.75) is 0 Å². The molecule has 0 atom stereocenters. The molecule has 0 N–H and O–H groups in total. The zero-order chi connectivity index (χ0) is 13.1. The number of rotatable bonds is 2. The third-order valence-corrected chi connectivity index (χ3v) is 2.33. The van der Waals surface area contributed by atoms with Gasteiger partial charge in [-0.2, -0.15) is 0 Å². The minimum atomic E-state index is -1.05. The Bertz CT molecular complexity index is 565. The Kier molecular flexibility index (Phi) is 3.27. The number of methoxy groups -OCH3 is 1. The van der Waals surface area contributed by atoms with Crippen molar-refractivity contribution >= 4 is 5.97 Å². The molecule has 0 bridgehead atoms. The van der Waals surface area contributed by atoms with E-state index in [2.05, 4.69) is 14.7 Å². The summed E-state index contributed by atoms with van der Waals surface area (Å²) < 4.78 is 31.6. The number of esters is 1. The molecule has 1 aromatic heterocycles. The van der Waals surface area contributed by atoms with Crippen LogP contribution in [0.2, 0.25) is 0 Å². The second-order valence-corrected chi connectivity index (χ2v) is 3.43. The van der Waals surface area contributed by atoms with E-state index in [9.17, 15) is 13.6 Å². The molecule has 18 heavy (non-hydrogen) atoms. The smallest absolute Gasteiger partial charge is 0.343 e. The number of halogens is 2. The Morgan fingerprint density at radius 2 is 1.67 bits per heavy atom. The van der Waals surface area contributed by atoms with E-state index in [1.807, 2.05) is 0 Å². The maximum absolute atomic E-state index is 13.7. The maximum Gasteiger partial charge on any atom is 0.343 e. The zero-order valence-electron chi connectivity index (χ0n) is 9.35. The Labute approximate surface area is 101 Å². The number of carbonyl (C=O) groups is 1. The van der Waals surface area contributed by atoms with Gasteiger partial charge in [-0.15, -0.1) is 0 Å². The SMILES string of the molecule is COC(=O)c1c(F)cc(-c2cncnc2)cc1F. The van der Waals surface area contributed by atoms with Gasteiger partial charge in [-0.3, -0.25) is 0 Å². The highest BCUT2D eigenvalue weighted by Gasteiger charge is 2.19. The van der Waals surface area contributed by atoms with Gasteiger partial charge in [-0.25, -0.2) is 23.5 Å². The number of aromatic nitrogens is 2. The number of carbonyl (C=O) groups excluding carboxylic acids is 1. The highest BCUT2D eigenvalue weighted by molar-refractivity contribution is 5.90. The number of benzene rings is 1. The molecule has 0 saturated heterocycles. The van der Waals surface area contributed by atoms with E-state index in [0.717, 1.165) is 19.2 Å². The fraction of sp³-hybridized carbons (Fsp3) is 0.0833. The lowest BCUT2D eigenvalue weighted by Gasteiger charge is -2.06. The first-order valence-electron chi connectivity index (χ1n) is 4.96. The van der Waals surface area contributed by atoms with Gasteiger partial charge in [-0.1, -0.05) is 0 Å². The molecule has 0 saturated carbocycles. The molecular weight excluding hydrogens is 242 g/mol. The average molecular weight is 250 g/mol. The predicted molar refractivity (Wildman–Crippen MR) is 58.7 cm³/mol. The molecule has 0 spiro atoms. The predicted octanol–water partition coefficient (Wildman–Crippen LogP) is 2.21. The normalized spacial score (nSPS) is 10.2. The van der Waals surface area contributed by atoms with Crippen LogP contribution in [0.3, 0.4) is 0 Å². The van der Waals surface area contributed by atoms with Gasteiger partial charge < -0.3 is 4.74 Å². The molecule has 2 aromatic rings. The van der Waals surface area contributed by atoms with Crippen molar-refractivity contribution < 1.29 is 18.3 Å². The molecule has 4 nitrogen and oxygen atoms in total. The van der Waals surface area contributed by atoms with Crippen molar-refractivity contribution in [3.63, 3.8) is 0 Å². The Balaban J connectivity index is 2.53. The second kappa shape index (κ2) is 4.87. The lowest BCUT2D eigenvalue weighted by atomic mass is 10.1. The highest BCUT2D eigenvalue weighted by atomic mass is 19.1. The summed E-state index contributed by atoms with van der Waals surface area (Å²) in [5, 5.41) is 0. The minimum absolute atomic E-state index is 0.248. The number of hydrogen-bond acceptors (Lipinski definition) is 4. The van der Waals surface area contributed by atoms with Crippen LogP contribution in [0.15, 0.2) is 30.9 Å². The Morgan fingerprint density at radius 1 is 1.11 bits per heavy atom. The summed E-state index contributed by atoms with van der Waals surface area (Å²) in [5.41, 5.74) is -0.0110. The second-order valence-electron chi connectivity index (χ2n) is 3.43. The first-order chi connectivity index (χ1) is 8.63. The summed E-state index contributed by atoms with van der Waals surface area (Å²) in [4.78, 5) is 18.7. The van der Waals surface area contributed by atoms with Gasteiger partial charge in [0.1, 0.15) is 23.5 Å². The van der Waals surface area contributed by atoms with Crippen LogP contribution in [0.4, 0.5) is 8.78 Å². The molecule has 1 aromatic carbocycles. The van der Waals surface area contributed by atoms with Crippen molar-refractivity contribution in [3.8, 4) is 11.1 Å². The molecule has 92 valence electrons. The third kappa shape index (κ3) is 2.17. The topological polar surface area (TPSA) is 52.1 Å². The summed E-state index contributed by atoms with van der Waals surface area (Å²) in [6.45, 7) is 0. The molecule has 2 rings (SSSR count). The summed E-state index contributed by atoms with van der Waals surface area (Å²) in [7, 11) is 1.06. The number of hydrogen-bond donors (Lipinski definition) is 0. The van der Waals surface area contributed by atoms with Crippen LogP contribution in [0.5, 0.6) is 0 Å². The summed E-state index contributed by atoms with van der Waals surface area (Å²) in [6.07, 6.45) is 4.14. The van der Waals surface area contributed by atoms with Crippen LogP contribution >= 0.6 is 0 Å². The standard InChI is InChI=1S/C12H8F2N2O2/c1-18-12(17)11-9(13)2-7(3-10(11)14)8-4-15-6-16-5-8/h2-6H,1H3. The molecule has 0 radical (unpaired) electrons. The molecule has 6 heteroatoms. The molecule has 0 amide bonds. The highest BCUT2D eigenvalue weighted by Crippen LogP contribution is 2.23. The van der Waals surface area contributed by atoms with Gasteiger partial charge >= 0.3 is 5.97 Å². The van der Waals surface area contributed by atoms with E-state index in [1.165, 1.54) is 18.7 Å². The lowest BCUT2D eigenvalue weighted by molar-refractivity contribution is 0.0590. The molecule has 1 heterocycles. The van der Waals surface area contributed by atoms with E-state index < -0.39 is 23.2 Å². The minimum Gasteiger partial charge on any atom is -0.465 e. The number of nitrogens with zero attached hydrogens (tertiary/aromatic N) is 2. The maximum atomic E-state index is 13.7. The molecule has 0 aliphatic carbocycles. The summed E-state index contributed by atoms with van der Waals surface area (Å²) in [6, 6.07) is 2.07. The first-order valence-corrected chi connectivity index (χ1v) is 4.96.